The molecule has 0 amide bonds. The Hall–Kier alpha value is -5.67. The standard InChI is InChI=1S/C40H24O2/c41-38(33-20-10-7-15-29(33)24-23-28-13-3-1-4-14-28)26-25-35-32-19-9-8-16-30(32)27-36-34-21-11-12-22-37(34)40(42,39(35)36)31-17-5-2-6-18-31/h1-22,27,42H/t40-/m1/s1. The number of hydrogen-bond donors (Lipinski definition) is 1. The Balaban J connectivity index is 1.42. The van der Waals surface area contributed by atoms with Crippen LogP contribution in [0.2, 0.25) is 0 Å². The minimum absolute atomic E-state index is 0.326. The van der Waals surface area contributed by atoms with E-state index in [1.165, 1.54) is 0 Å². The molecule has 1 aliphatic carbocycles. The summed E-state index contributed by atoms with van der Waals surface area (Å²) in [5.74, 6) is 12.1. The lowest BCUT2D eigenvalue weighted by Gasteiger charge is -2.28. The lowest BCUT2D eigenvalue weighted by atomic mass is 9.81. The molecule has 6 aromatic carbocycles. The molecular weight excluding hydrogens is 512 g/mol. The Morgan fingerprint density at radius 2 is 1.29 bits per heavy atom. The predicted molar refractivity (Wildman–Crippen MR) is 168 cm³/mol. The van der Waals surface area contributed by atoms with Gasteiger partial charge in [-0.2, -0.15) is 0 Å². The molecular formula is C40H24O2. The highest BCUT2D eigenvalue weighted by atomic mass is 16.3. The highest BCUT2D eigenvalue weighted by Gasteiger charge is 2.45. The smallest absolute Gasteiger partial charge is 0.237 e. The fourth-order valence-corrected chi connectivity index (χ4v) is 5.85. The Bertz CT molecular complexity index is 2120. The molecule has 1 atom stereocenters. The van der Waals surface area contributed by atoms with E-state index in [9.17, 15) is 9.90 Å². The fraction of sp³-hybridized carbons (Fsp3) is 0.0250. The number of benzene rings is 6. The van der Waals surface area contributed by atoms with Gasteiger partial charge in [0, 0.05) is 33.4 Å². The van der Waals surface area contributed by atoms with Crippen molar-refractivity contribution in [3.05, 3.63) is 178 Å². The van der Waals surface area contributed by atoms with Crippen LogP contribution >= 0.6 is 0 Å². The number of fused-ring (bicyclic) bond motifs is 4. The third kappa shape index (κ3) is 4.20. The topological polar surface area (TPSA) is 37.3 Å². The molecule has 6 aromatic rings. The highest BCUT2D eigenvalue weighted by molar-refractivity contribution is 6.11. The molecule has 2 heteroatoms. The molecule has 0 aromatic heterocycles. The minimum atomic E-state index is -1.43. The van der Waals surface area contributed by atoms with Gasteiger partial charge in [0.05, 0.1) is 0 Å². The molecule has 0 heterocycles. The Labute approximate surface area is 244 Å². The van der Waals surface area contributed by atoms with Crippen LogP contribution in [0.3, 0.4) is 0 Å². The zero-order valence-corrected chi connectivity index (χ0v) is 22.6. The van der Waals surface area contributed by atoms with Gasteiger partial charge in [-0.15, -0.1) is 0 Å². The first kappa shape index (κ1) is 25.3. The molecule has 7 rings (SSSR count). The maximum Gasteiger partial charge on any atom is 0.237 e. The fourth-order valence-electron chi connectivity index (χ4n) is 5.85. The lowest BCUT2D eigenvalue weighted by molar-refractivity contribution is 0.105. The van der Waals surface area contributed by atoms with E-state index in [1.54, 1.807) is 6.07 Å². The van der Waals surface area contributed by atoms with E-state index in [0.29, 0.717) is 22.3 Å². The zero-order chi connectivity index (χ0) is 28.5. The Kier molecular flexibility index (Phi) is 6.26. The van der Waals surface area contributed by atoms with Crippen LogP contribution < -0.4 is 0 Å². The summed E-state index contributed by atoms with van der Waals surface area (Å²) < 4.78 is 0. The SMILES string of the molecule is O=C(C#Cc1c2c(cc3ccccc13)-c1ccccc1[C@]2(O)c1ccccc1)c1ccccc1C#Cc1ccccc1. The van der Waals surface area contributed by atoms with Crippen molar-refractivity contribution in [3.8, 4) is 34.8 Å². The summed E-state index contributed by atoms with van der Waals surface area (Å²) >= 11 is 0. The molecule has 42 heavy (non-hydrogen) atoms. The van der Waals surface area contributed by atoms with E-state index in [2.05, 4.69) is 29.7 Å². The van der Waals surface area contributed by atoms with E-state index in [4.69, 9.17) is 0 Å². The zero-order valence-electron chi connectivity index (χ0n) is 22.6. The number of ketones is 1. The minimum Gasteiger partial charge on any atom is -0.376 e. The molecule has 196 valence electrons. The van der Waals surface area contributed by atoms with E-state index < -0.39 is 5.60 Å². The van der Waals surface area contributed by atoms with Crippen molar-refractivity contribution in [1.82, 2.24) is 0 Å². The molecule has 0 saturated heterocycles. The number of carbonyl (C=O) groups is 1. The summed E-state index contributed by atoms with van der Waals surface area (Å²) in [5, 5.41) is 14.5. The van der Waals surface area contributed by atoms with Crippen molar-refractivity contribution in [1.29, 1.82) is 0 Å². The van der Waals surface area contributed by atoms with Crippen molar-refractivity contribution >= 4 is 16.6 Å². The number of carbonyl (C=O) groups excluding carboxylic acids is 1. The van der Waals surface area contributed by atoms with Crippen molar-refractivity contribution in [2.24, 2.45) is 0 Å². The van der Waals surface area contributed by atoms with Crippen LogP contribution in [0.4, 0.5) is 0 Å². The van der Waals surface area contributed by atoms with Crippen LogP contribution in [-0.2, 0) is 5.60 Å². The summed E-state index contributed by atoms with van der Waals surface area (Å²) in [4.78, 5) is 13.6. The molecule has 0 unspecified atom stereocenters. The van der Waals surface area contributed by atoms with Crippen molar-refractivity contribution in [2.75, 3.05) is 0 Å². The Morgan fingerprint density at radius 1 is 0.619 bits per heavy atom. The summed E-state index contributed by atoms with van der Waals surface area (Å²) in [6.07, 6.45) is 0. The first-order valence-electron chi connectivity index (χ1n) is 13.8. The first-order valence-corrected chi connectivity index (χ1v) is 13.8. The third-order valence-electron chi connectivity index (χ3n) is 7.80. The number of hydrogen-bond acceptors (Lipinski definition) is 2. The van der Waals surface area contributed by atoms with Gasteiger partial charge in [0.1, 0.15) is 5.60 Å². The van der Waals surface area contributed by atoms with Crippen LogP contribution in [-0.4, -0.2) is 10.9 Å². The quantitative estimate of drug-likeness (QED) is 0.182. The maximum atomic E-state index is 13.6. The normalized spacial score (nSPS) is 14.6. The van der Waals surface area contributed by atoms with Gasteiger partial charge >= 0.3 is 0 Å². The molecule has 1 N–H and O–H groups in total. The van der Waals surface area contributed by atoms with E-state index in [0.717, 1.165) is 38.6 Å². The lowest BCUT2D eigenvalue weighted by Crippen LogP contribution is -2.27. The van der Waals surface area contributed by atoms with Crippen LogP contribution in [0.25, 0.3) is 21.9 Å². The van der Waals surface area contributed by atoms with Gasteiger partial charge in [0.25, 0.3) is 0 Å². The molecule has 0 saturated carbocycles. The average molecular weight is 537 g/mol. The number of aliphatic hydroxyl groups is 1. The van der Waals surface area contributed by atoms with Crippen molar-refractivity contribution in [3.63, 3.8) is 0 Å². The third-order valence-corrected chi connectivity index (χ3v) is 7.80. The van der Waals surface area contributed by atoms with E-state index >= 15 is 0 Å². The average Bonchev–Trinajstić information content (AvgIpc) is 3.31. The summed E-state index contributed by atoms with van der Waals surface area (Å²) in [7, 11) is 0. The molecule has 0 spiro atoms. The second-order valence-electron chi connectivity index (χ2n) is 10.3. The van der Waals surface area contributed by atoms with Crippen LogP contribution in [0.15, 0.2) is 140 Å². The van der Waals surface area contributed by atoms with Crippen LogP contribution in [0, 0.1) is 23.7 Å². The van der Waals surface area contributed by atoms with Crippen molar-refractivity contribution in [2.45, 2.75) is 5.60 Å². The van der Waals surface area contributed by atoms with Crippen LogP contribution in [0.5, 0.6) is 0 Å². The van der Waals surface area contributed by atoms with Gasteiger partial charge in [0.2, 0.25) is 5.78 Å². The molecule has 0 aliphatic heterocycles. The summed E-state index contributed by atoms with van der Waals surface area (Å²) in [6, 6.07) is 44.7. The Morgan fingerprint density at radius 3 is 2.12 bits per heavy atom. The van der Waals surface area contributed by atoms with Gasteiger partial charge in [-0.05, 0) is 63.7 Å². The second kappa shape index (κ2) is 10.4. The number of Topliss-reactive ketones (excluding diaryl/α,β-unsaturated/α-hetero) is 1. The van der Waals surface area contributed by atoms with Gasteiger partial charge in [-0.3, -0.25) is 4.79 Å². The van der Waals surface area contributed by atoms with Crippen molar-refractivity contribution < 1.29 is 9.90 Å². The van der Waals surface area contributed by atoms with Gasteiger partial charge in [0.15, 0.2) is 0 Å². The second-order valence-corrected chi connectivity index (χ2v) is 10.3. The molecule has 2 nitrogen and oxygen atoms in total. The monoisotopic (exact) mass is 536 g/mol. The number of rotatable bonds is 2. The predicted octanol–water partition coefficient (Wildman–Crippen LogP) is 7.74. The maximum absolute atomic E-state index is 13.6. The van der Waals surface area contributed by atoms with Crippen LogP contribution in [0.1, 0.15) is 43.7 Å². The van der Waals surface area contributed by atoms with Gasteiger partial charge < -0.3 is 5.11 Å². The summed E-state index contributed by atoms with van der Waals surface area (Å²) in [5.41, 5.74) is 5.30. The van der Waals surface area contributed by atoms with Gasteiger partial charge in [-0.1, -0.05) is 127 Å². The highest BCUT2D eigenvalue weighted by Crippen LogP contribution is 2.53. The van der Waals surface area contributed by atoms with E-state index in [1.807, 2.05) is 127 Å². The molecule has 0 radical (unpaired) electrons. The first-order chi connectivity index (χ1) is 20.6. The van der Waals surface area contributed by atoms with E-state index in [-0.39, 0.29) is 5.78 Å². The molecule has 0 fully saturated rings. The molecule has 1 aliphatic rings. The summed E-state index contributed by atoms with van der Waals surface area (Å²) in [6.45, 7) is 0. The molecule has 0 bridgehead atoms. The largest absolute Gasteiger partial charge is 0.376 e. The van der Waals surface area contributed by atoms with Gasteiger partial charge in [-0.25, -0.2) is 0 Å².